The zero-order valence-electron chi connectivity index (χ0n) is 12.0. The molecule has 0 aliphatic rings. The van der Waals surface area contributed by atoms with E-state index in [-0.39, 0.29) is 24.5 Å². The van der Waals surface area contributed by atoms with E-state index in [0.717, 1.165) is 0 Å². The molecule has 1 aromatic heterocycles. The van der Waals surface area contributed by atoms with Gasteiger partial charge in [-0.3, -0.25) is 0 Å². The molecular formula is C14H19NO5. The summed E-state index contributed by atoms with van der Waals surface area (Å²) in [6.07, 6.45) is 1.49. The zero-order chi connectivity index (χ0) is 15.0. The summed E-state index contributed by atoms with van der Waals surface area (Å²) in [5.41, 5.74) is 0.760. The summed E-state index contributed by atoms with van der Waals surface area (Å²) in [7, 11) is 0. The Morgan fingerprint density at radius 3 is 2.30 bits per heavy atom. The van der Waals surface area contributed by atoms with Crippen LogP contribution in [0.1, 0.15) is 47.2 Å². The van der Waals surface area contributed by atoms with Crippen LogP contribution in [0.2, 0.25) is 0 Å². The molecule has 0 saturated carbocycles. The van der Waals surface area contributed by atoms with Gasteiger partial charge in [0.05, 0.1) is 25.4 Å². The fraction of sp³-hybridized carbons (Fsp3) is 0.500. The quantitative estimate of drug-likeness (QED) is 0.711. The summed E-state index contributed by atoms with van der Waals surface area (Å²) >= 11 is 0. The van der Waals surface area contributed by atoms with Crippen LogP contribution in [0, 0.1) is 0 Å². The molecule has 110 valence electrons. The molecule has 0 saturated heterocycles. The Kier molecular flexibility index (Phi) is 6.66. The minimum absolute atomic E-state index is 0.0365. The Morgan fingerprint density at radius 2 is 1.70 bits per heavy atom. The van der Waals surface area contributed by atoms with E-state index in [0.29, 0.717) is 18.8 Å². The molecule has 20 heavy (non-hydrogen) atoms. The van der Waals surface area contributed by atoms with Gasteiger partial charge in [0, 0.05) is 12.8 Å². The van der Waals surface area contributed by atoms with Crippen LogP contribution in [0.3, 0.4) is 0 Å². The van der Waals surface area contributed by atoms with Gasteiger partial charge in [0.2, 0.25) is 0 Å². The van der Waals surface area contributed by atoms with Crippen LogP contribution in [0.5, 0.6) is 0 Å². The summed E-state index contributed by atoms with van der Waals surface area (Å²) in [5.74, 6) is -1.24. The molecule has 1 rings (SSSR count). The summed E-state index contributed by atoms with van der Waals surface area (Å²) in [4.78, 5) is 27.7. The van der Waals surface area contributed by atoms with Gasteiger partial charge in [-0.1, -0.05) is 0 Å². The summed E-state index contributed by atoms with van der Waals surface area (Å²) in [5, 5.41) is 0. The third kappa shape index (κ3) is 4.31. The summed E-state index contributed by atoms with van der Waals surface area (Å²) in [6.45, 7) is 6.55. The standard InChI is InChI=1S/C14H19NO5/c1-4-18-9-10-7-11(13(16)19-5-2)12(15-8-10)14(17)20-6-3/h7-8H,4-6,9H2,1-3H3. The number of aromatic nitrogens is 1. The molecule has 0 fully saturated rings. The van der Waals surface area contributed by atoms with Crippen molar-refractivity contribution in [1.82, 2.24) is 4.98 Å². The number of rotatable bonds is 7. The summed E-state index contributed by atoms with van der Waals surface area (Å²) < 4.78 is 15.1. The average molecular weight is 281 g/mol. The third-order valence-electron chi connectivity index (χ3n) is 2.38. The lowest BCUT2D eigenvalue weighted by Gasteiger charge is -2.09. The van der Waals surface area contributed by atoms with E-state index >= 15 is 0 Å². The van der Waals surface area contributed by atoms with Crippen molar-refractivity contribution in [3.8, 4) is 0 Å². The Labute approximate surface area is 118 Å². The number of hydrogen-bond acceptors (Lipinski definition) is 6. The molecule has 0 atom stereocenters. The first-order valence-electron chi connectivity index (χ1n) is 6.54. The molecule has 0 unspecified atom stereocenters. The lowest BCUT2D eigenvalue weighted by Crippen LogP contribution is -2.16. The highest BCUT2D eigenvalue weighted by molar-refractivity contribution is 6.01. The Balaban J connectivity index is 3.09. The Morgan fingerprint density at radius 1 is 1.05 bits per heavy atom. The second-order valence-corrected chi connectivity index (χ2v) is 3.82. The molecule has 0 spiro atoms. The van der Waals surface area contributed by atoms with Gasteiger partial charge >= 0.3 is 11.9 Å². The minimum Gasteiger partial charge on any atom is -0.462 e. The first kappa shape index (κ1) is 16.1. The van der Waals surface area contributed by atoms with E-state index in [9.17, 15) is 9.59 Å². The van der Waals surface area contributed by atoms with Gasteiger partial charge in [0.15, 0.2) is 5.69 Å². The number of carbonyl (C=O) groups excluding carboxylic acids is 2. The van der Waals surface area contributed by atoms with Crippen molar-refractivity contribution in [1.29, 1.82) is 0 Å². The molecular weight excluding hydrogens is 262 g/mol. The van der Waals surface area contributed by atoms with Crippen molar-refractivity contribution >= 4 is 11.9 Å². The molecule has 0 aliphatic carbocycles. The smallest absolute Gasteiger partial charge is 0.357 e. The first-order chi connectivity index (χ1) is 9.63. The monoisotopic (exact) mass is 281 g/mol. The highest BCUT2D eigenvalue weighted by atomic mass is 16.5. The Bertz CT molecular complexity index is 473. The maximum atomic E-state index is 11.9. The van der Waals surface area contributed by atoms with Crippen molar-refractivity contribution in [2.24, 2.45) is 0 Å². The van der Waals surface area contributed by atoms with Crippen LogP contribution in [0.15, 0.2) is 12.3 Å². The van der Waals surface area contributed by atoms with Crippen molar-refractivity contribution in [2.75, 3.05) is 19.8 Å². The maximum absolute atomic E-state index is 11.9. The fourth-order valence-electron chi connectivity index (χ4n) is 1.53. The van der Waals surface area contributed by atoms with Gasteiger partial charge in [-0.25, -0.2) is 14.6 Å². The van der Waals surface area contributed by atoms with Gasteiger partial charge in [-0.05, 0) is 32.4 Å². The molecule has 0 bridgehead atoms. The summed E-state index contributed by atoms with van der Waals surface area (Å²) in [6, 6.07) is 1.55. The van der Waals surface area contributed by atoms with E-state index in [1.54, 1.807) is 19.9 Å². The van der Waals surface area contributed by atoms with Gasteiger partial charge < -0.3 is 14.2 Å². The maximum Gasteiger partial charge on any atom is 0.357 e. The van der Waals surface area contributed by atoms with Crippen LogP contribution in [-0.2, 0) is 20.8 Å². The Hall–Kier alpha value is -1.95. The number of hydrogen-bond donors (Lipinski definition) is 0. The van der Waals surface area contributed by atoms with Crippen LogP contribution in [0.4, 0.5) is 0 Å². The topological polar surface area (TPSA) is 74.7 Å². The highest BCUT2D eigenvalue weighted by Crippen LogP contribution is 2.13. The largest absolute Gasteiger partial charge is 0.462 e. The number of ether oxygens (including phenoxy) is 3. The predicted molar refractivity (Wildman–Crippen MR) is 71.5 cm³/mol. The van der Waals surface area contributed by atoms with Crippen LogP contribution in [-0.4, -0.2) is 36.7 Å². The van der Waals surface area contributed by atoms with Crippen molar-refractivity contribution in [3.05, 3.63) is 29.1 Å². The lowest BCUT2D eigenvalue weighted by molar-refractivity contribution is 0.0472. The van der Waals surface area contributed by atoms with E-state index in [1.165, 1.54) is 6.20 Å². The van der Waals surface area contributed by atoms with Crippen LogP contribution < -0.4 is 0 Å². The van der Waals surface area contributed by atoms with Crippen molar-refractivity contribution in [3.63, 3.8) is 0 Å². The third-order valence-corrected chi connectivity index (χ3v) is 2.38. The second kappa shape index (κ2) is 8.27. The van der Waals surface area contributed by atoms with Gasteiger partial charge in [-0.15, -0.1) is 0 Å². The SMILES string of the molecule is CCOCc1cnc(C(=O)OCC)c(C(=O)OCC)c1. The highest BCUT2D eigenvalue weighted by Gasteiger charge is 2.21. The molecule has 1 heterocycles. The lowest BCUT2D eigenvalue weighted by atomic mass is 10.1. The van der Waals surface area contributed by atoms with Gasteiger partial charge in [-0.2, -0.15) is 0 Å². The molecule has 0 aliphatic heterocycles. The number of nitrogens with zero attached hydrogens (tertiary/aromatic N) is 1. The first-order valence-corrected chi connectivity index (χ1v) is 6.54. The number of carbonyl (C=O) groups is 2. The average Bonchev–Trinajstić information content (AvgIpc) is 2.45. The second-order valence-electron chi connectivity index (χ2n) is 3.82. The molecule has 0 amide bonds. The zero-order valence-corrected chi connectivity index (χ0v) is 12.0. The van der Waals surface area contributed by atoms with Crippen molar-refractivity contribution in [2.45, 2.75) is 27.4 Å². The van der Waals surface area contributed by atoms with Gasteiger partial charge in [0.1, 0.15) is 0 Å². The van der Waals surface area contributed by atoms with Crippen LogP contribution in [0.25, 0.3) is 0 Å². The molecule has 1 aromatic rings. The number of pyridine rings is 1. The number of esters is 2. The van der Waals surface area contributed by atoms with Crippen LogP contribution >= 0.6 is 0 Å². The molecule has 6 heteroatoms. The molecule has 0 radical (unpaired) electrons. The normalized spacial score (nSPS) is 10.2. The predicted octanol–water partition coefficient (Wildman–Crippen LogP) is 1.97. The van der Waals surface area contributed by atoms with Crippen molar-refractivity contribution < 1.29 is 23.8 Å². The fourth-order valence-corrected chi connectivity index (χ4v) is 1.53. The van der Waals surface area contributed by atoms with E-state index in [1.807, 2.05) is 6.92 Å². The minimum atomic E-state index is -0.640. The van der Waals surface area contributed by atoms with Gasteiger partial charge in [0.25, 0.3) is 0 Å². The van der Waals surface area contributed by atoms with E-state index in [4.69, 9.17) is 14.2 Å². The molecule has 0 aromatic carbocycles. The molecule has 6 nitrogen and oxygen atoms in total. The molecule has 0 N–H and O–H groups in total. The van der Waals surface area contributed by atoms with E-state index < -0.39 is 11.9 Å². The van der Waals surface area contributed by atoms with E-state index in [2.05, 4.69) is 4.98 Å².